The summed E-state index contributed by atoms with van der Waals surface area (Å²) < 4.78 is 33.2. The van der Waals surface area contributed by atoms with Crippen LogP contribution in [0.25, 0.3) is 0 Å². The molecule has 33 heavy (non-hydrogen) atoms. The van der Waals surface area contributed by atoms with Crippen molar-refractivity contribution in [2.75, 3.05) is 7.11 Å². The molecule has 1 unspecified atom stereocenters. The summed E-state index contributed by atoms with van der Waals surface area (Å²) in [7, 11) is -1.03. The smallest absolute Gasteiger partial charge is 0.335 e. The number of phenolic OH excluding ortho intramolecular Hbond substituents is 1. The Balaban J connectivity index is 2.15. The number of aromatic hydroxyl groups is 1. The van der Waals surface area contributed by atoms with Crippen LogP contribution in [0.1, 0.15) is 76.4 Å². The number of rotatable bonds is 7. The molecule has 6 nitrogen and oxygen atoms in total. The zero-order valence-electron chi connectivity index (χ0n) is 20.7. The van der Waals surface area contributed by atoms with Gasteiger partial charge in [0.1, 0.15) is 17.6 Å². The second-order valence-electron chi connectivity index (χ2n) is 9.92. The number of allylic oxidation sites excluding steroid dienone is 1. The van der Waals surface area contributed by atoms with Crippen molar-refractivity contribution in [3.63, 3.8) is 0 Å². The zero-order valence-corrected chi connectivity index (χ0v) is 21.7. The maximum atomic E-state index is 15.5. The lowest BCUT2D eigenvalue weighted by Crippen LogP contribution is -2.51. The molecule has 0 saturated carbocycles. The van der Waals surface area contributed by atoms with E-state index in [2.05, 4.69) is 41.5 Å². The predicted octanol–water partition coefficient (Wildman–Crippen LogP) is 5.72. The van der Waals surface area contributed by atoms with Crippen molar-refractivity contribution < 1.29 is 33.0 Å². The summed E-state index contributed by atoms with van der Waals surface area (Å²) in [6.07, 6.45) is 0.138. The summed E-state index contributed by atoms with van der Waals surface area (Å²) in [6.45, 7) is 14.4. The van der Waals surface area contributed by atoms with Crippen molar-refractivity contribution in [3.8, 4) is 11.5 Å². The van der Waals surface area contributed by atoms with E-state index < -0.39 is 37.6 Å². The molecular formula is C25H35FO6Si. The van der Waals surface area contributed by atoms with Crippen molar-refractivity contribution in [1.82, 2.24) is 0 Å². The zero-order chi connectivity index (χ0) is 24.9. The van der Waals surface area contributed by atoms with Crippen molar-refractivity contribution in [1.29, 1.82) is 0 Å². The Hall–Kier alpha value is -2.19. The summed E-state index contributed by atoms with van der Waals surface area (Å²) >= 11 is 0. The Kier molecular flexibility index (Phi) is 6.84. The van der Waals surface area contributed by atoms with E-state index in [0.29, 0.717) is 17.7 Å². The monoisotopic (exact) mass is 478 g/mol. The molecule has 0 aromatic heterocycles. The number of carbonyl (C=O) groups excluding carboxylic acids is 2. The van der Waals surface area contributed by atoms with Crippen LogP contribution in [0.5, 0.6) is 11.5 Å². The minimum Gasteiger partial charge on any atom is -0.507 e. The first kappa shape index (κ1) is 25.4. The van der Waals surface area contributed by atoms with Crippen molar-refractivity contribution in [2.45, 2.75) is 89.6 Å². The molecule has 3 rings (SSSR count). The fraction of sp³-hybridized carbons (Fsp3) is 0.600. The Morgan fingerprint density at radius 2 is 1.76 bits per heavy atom. The minimum absolute atomic E-state index is 0.0532. The number of hydrogen-bond donors (Lipinski definition) is 1. The number of phenols is 1. The number of ketones is 1. The molecule has 2 aliphatic rings. The van der Waals surface area contributed by atoms with Gasteiger partial charge in [-0.05, 0) is 29.1 Å². The fourth-order valence-electron chi connectivity index (χ4n) is 5.89. The van der Waals surface area contributed by atoms with E-state index in [1.54, 1.807) is 0 Å². The van der Waals surface area contributed by atoms with Gasteiger partial charge in [-0.1, -0.05) is 48.5 Å². The highest BCUT2D eigenvalue weighted by Crippen LogP contribution is 2.53. The van der Waals surface area contributed by atoms with Crippen LogP contribution in [0.4, 0.5) is 4.39 Å². The second-order valence-corrected chi connectivity index (χ2v) is 15.3. The third-order valence-electron chi connectivity index (χ3n) is 7.33. The molecule has 1 aromatic carbocycles. The summed E-state index contributed by atoms with van der Waals surface area (Å²) in [4.78, 5) is 25.8. The van der Waals surface area contributed by atoms with Crippen molar-refractivity contribution >= 4 is 20.1 Å². The normalized spacial score (nSPS) is 22.9. The topological polar surface area (TPSA) is 82.1 Å². The lowest BCUT2D eigenvalue weighted by molar-refractivity contribution is -0.152. The summed E-state index contributed by atoms with van der Waals surface area (Å²) in [5, 5.41) is 10.9. The Bertz CT molecular complexity index is 977. The molecule has 1 heterocycles. The van der Waals surface area contributed by atoms with Gasteiger partial charge in [0.25, 0.3) is 0 Å². The van der Waals surface area contributed by atoms with E-state index in [0.717, 1.165) is 6.08 Å². The molecule has 1 aromatic rings. The van der Waals surface area contributed by atoms with Crippen LogP contribution in [0.2, 0.25) is 16.6 Å². The van der Waals surface area contributed by atoms with Crippen LogP contribution < -0.4 is 4.74 Å². The summed E-state index contributed by atoms with van der Waals surface area (Å²) in [5.74, 6) is -2.15. The van der Waals surface area contributed by atoms with Crippen molar-refractivity contribution in [2.24, 2.45) is 0 Å². The molecule has 1 spiro atoms. The second kappa shape index (κ2) is 8.87. The van der Waals surface area contributed by atoms with Gasteiger partial charge in [-0.15, -0.1) is 0 Å². The van der Waals surface area contributed by atoms with E-state index >= 15 is 4.39 Å². The van der Waals surface area contributed by atoms with Gasteiger partial charge >= 0.3 is 5.97 Å². The van der Waals surface area contributed by atoms with Gasteiger partial charge in [0.2, 0.25) is 8.32 Å². The number of benzene rings is 1. The fourth-order valence-corrected chi connectivity index (χ4v) is 11.4. The van der Waals surface area contributed by atoms with E-state index in [1.807, 2.05) is 6.92 Å². The van der Waals surface area contributed by atoms with Crippen LogP contribution in [-0.4, -0.2) is 38.4 Å². The van der Waals surface area contributed by atoms with Crippen LogP contribution in [-0.2, 0) is 26.0 Å². The third-order valence-corrected chi connectivity index (χ3v) is 13.4. The van der Waals surface area contributed by atoms with Gasteiger partial charge in [-0.2, -0.15) is 0 Å². The van der Waals surface area contributed by atoms with Crippen LogP contribution in [0.3, 0.4) is 0 Å². The lowest BCUT2D eigenvalue weighted by atomic mass is 9.78. The molecular weight excluding hydrogens is 443 g/mol. The predicted molar refractivity (Wildman–Crippen MR) is 126 cm³/mol. The number of carbonyl (C=O) groups is 2. The van der Waals surface area contributed by atoms with E-state index in [1.165, 1.54) is 13.2 Å². The molecule has 1 fully saturated rings. The van der Waals surface area contributed by atoms with Crippen LogP contribution in [0, 0.1) is 0 Å². The Morgan fingerprint density at radius 1 is 1.18 bits per heavy atom. The molecule has 1 aliphatic carbocycles. The number of esters is 1. The number of halogens is 1. The largest absolute Gasteiger partial charge is 0.507 e. The first-order chi connectivity index (χ1) is 15.4. The van der Waals surface area contributed by atoms with Gasteiger partial charge in [0.05, 0.1) is 12.7 Å². The average molecular weight is 479 g/mol. The van der Waals surface area contributed by atoms with Gasteiger partial charge < -0.3 is 19.0 Å². The average Bonchev–Trinajstić information content (AvgIpc) is 3.05. The first-order valence-corrected chi connectivity index (χ1v) is 13.8. The van der Waals surface area contributed by atoms with E-state index in [4.69, 9.17) is 13.9 Å². The van der Waals surface area contributed by atoms with E-state index in [-0.39, 0.29) is 39.9 Å². The standard InChI is InChI=1S/C25H35FO6Si/c1-9-16-19(30-8)10-17-22(23(16)28)18(27)11-21(26)25(17)12-20(24(29)31-25)32-33(13(2)3,14(4)5)15(6)7/h10-11,13-15,20,28H,9,12H2,1-8H3/t20?,25-/m1/s1. The van der Waals surface area contributed by atoms with Gasteiger partial charge in [0, 0.05) is 23.6 Å². The molecule has 1 saturated heterocycles. The third kappa shape index (κ3) is 3.71. The molecule has 1 N–H and O–H groups in total. The van der Waals surface area contributed by atoms with Gasteiger partial charge in [-0.25, -0.2) is 9.18 Å². The number of fused-ring (bicyclic) bond motifs is 2. The van der Waals surface area contributed by atoms with Crippen molar-refractivity contribution in [3.05, 3.63) is 34.7 Å². The molecule has 1 aliphatic heterocycles. The van der Waals surface area contributed by atoms with Crippen LogP contribution in [0.15, 0.2) is 18.0 Å². The molecule has 0 amide bonds. The van der Waals surface area contributed by atoms with E-state index in [9.17, 15) is 14.7 Å². The van der Waals surface area contributed by atoms with Gasteiger partial charge in [0.15, 0.2) is 17.2 Å². The quantitative estimate of drug-likeness (QED) is 0.399. The highest BCUT2D eigenvalue weighted by molar-refractivity contribution is 6.77. The van der Waals surface area contributed by atoms with Crippen LogP contribution >= 0.6 is 0 Å². The maximum absolute atomic E-state index is 15.5. The highest BCUT2D eigenvalue weighted by atomic mass is 28.4. The number of methoxy groups -OCH3 is 1. The number of ether oxygens (including phenoxy) is 2. The molecule has 8 heteroatoms. The van der Waals surface area contributed by atoms with Gasteiger partial charge in [-0.3, -0.25) is 4.79 Å². The highest BCUT2D eigenvalue weighted by Gasteiger charge is 2.59. The SMILES string of the molecule is CCc1c(OC)cc2c(c1O)C(=O)C=C(F)[C@@]21CC(O[Si](C(C)C)(C(C)C)C(C)C)C(=O)O1. The molecule has 0 bridgehead atoms. The minimum atomic E-state index is -2.47. The summed E-state index contributed by atoms with van der Waals surface area (Å²) in [6, 6.07) is 1.51. The molecule has 182 valence electrons. The lowest BCUT2D eigenvalue weighted by Gasteiger charge is -2.43. The maximum Gasteiger partial charge on any atom is 0.335 e. The molecule has 0 radical (unpaired) electrons. The first-order valence-electron chi connectivity index (χ1n) is 11.6. The Labute approximate surface area is 196 Å². The Morgan fingerprint density at radius 3 is 2.24 bits per heavy atom. The molecule has 2 atom stereocenters. The number of hydrogen-bond acceptors (Lipinski definition) is 6. The summed E-state index contributed by atoms with van der Waals surface area (Å²) in [5.41, 5.74) is -0.672.